The Balaban J connectivity index is 1.52. The first-order valence-corrected chi connectivity index (χ1v) is 11.1. The maximum atomic E-state index is 12.8. The second kappa shape index (κ2) is 9.88. The molecule has 0 saturated carbocycles. The molecule has 4 aromatic rings. The molecule has 0 spiro atoms. The lowest BCUT2D eigenvalue weighted by molar-refractivity contribution is 0.0906. The van der Waals surface area contributed by atoms with Gasteiger partial charge in [0.25, 0.3) is 5.91 Å². The van der Waals surface area contributed by atoms with E-state index >= 15 is 0 Å². The van der Waals surface area contributed by atoms with Crippen molar-refractivity contribution in [2.45, 2.75) is 39.5 Å². The molecule has 2 atom stereocenters. The van der Waals surface area contributed by atoms with Gasteiger partial charge in [-0.1, -0.05) is 42.0 Å². The number of para-hydroxylation sites is 2. The van der Waals surface area contributed by atoms with Crippen LogP contribution in [0.2, 0.25) is 0 Å². The molecule has 0 aliphatic heterocycles. The van der Waals surface area contributed by atoms with E-state index in [1.807, 2.05) is 98.1 Å². The number of nitrogens with zero attached hydrogens (tertiary/aromatic N) is 2. The predicted octanol–water partition coefficient (Wildman–Crippen LogP) is 4.58. The summed E-state index contributed by atoms with van der Waals surface area (Å²) in [6, 6.07) is 22.6. The van der Waals surface area contributed by atoms with Crippen LogP contribution in [0.1, 0.15) is 40.3 Å². The molecule has 0 fully saturated rings. The number of aryl methyl sites for hydroxylation is 2. The molecule has 0 aliphatic carbocycles. The lowest BCUT2D eigenvalue weighted by Gasteiger charge is -2.19. The van der Waals surface area contributed by atoms with E-state index in [9.17, 15) is 9.90 Å². The van der Waals surface area contributed by atoms with Gasteiger partial charge in [0.15, 0.2) is 0 Å². The first-order chi connectivity index (χ1) is 15.9. The van der Waals surface area contributed by atoms with Crippen LogP contribution in [0.15, 0.2) is 72.8 Å². The van der Waals surface area contributed by atoms with Crippen LogP contribution in [0.5, 0.6) is 5.75 Å². The number of carbonyl (C=O) groups excluding carboxylic acids is 1. The zero-order valence-corrected chi connectivity index (χ0v) is 19.2. The number of ether oxygens (including phenoxy) is 1. The fourth-order valence-corrected chi connectivity index (χ4v) is 3.83. The molecule has 1 aromatic heterocycles. The fourth-order valence-electron chi connectivity index (χ4n) is 3.83. The number of carbonyl (C=O) groups is 1. The van der Waals surface area contributed by atoms with Crippen LogP contribution in [-0.4, -0.2) is 33.3 Å². The van der Waals surface area contributed by atoms with Crippen molar-refractivity contribution in [2.24, 2.45) is 0 Å². The highest BCUT2D eigenvalue weighted by Crippen LogP contribution is 2.22. The number of nitrogens with one attached hydrogen (secondary N) is 1. The van der Waals surface area contributed by atoms with Crippen molar-refractivity contribution < 1.29 is 14.6 Å². The highest BCUT2D eigenvalue weighted by Gasteiger charge is 2.21. The maximum Gasteiger partial charge on any atom is 0.251 e. The Morgan fingerprint density at radius 3 is 2.55 bits per heavy atom. The Hall–Kier alpha value is -3.64. The normalized spacial score (nSPS) is 13.0. The van der Waals surface area contributed by atoms with E-state index in [1.165, 1.54) is 0 Å². The zero-order valence-electron chi connectivity index (χ0n) is 19.2. The highest BCUT2D eigenvalue weighted by molar-refractivity contribution is 5.94. The van der Waals surface area contributed by atoms with Crippen LogP contribution < -0.4 is 10.1 Å². The summed E-state index contributed by atoms with van der Waals surface area (Å²) in [4.78, 5) is 17.5. The summed E-state index contributed by atoms with van der Waals surface area (Å²) < 4.78 is 7.75. The first-order valence-electron chi connectivity index (χ1n) is 11.1. The molecular formula is C27H29N3O3. The Morgan fingerprint density at radius 2 is 1.79 bits per heavy atom. The molecule has 2 N–H and O–H groups in total. The van der Waals surface area contributed by atoms with Crippen molar-refractivity contribution in [3.8, 4) is 5.75 Å². The molecule has 0 saturated heterocycles. The zero-order chi connectivity index (χ0) is 23.4. The second-order valence-corrected chi connectivity index (χ2v) is 8.41. The average Bonchev–Trinajstić information content (AvgIpc) is 3.17. The number of aliphatic hydroxyl groups is 1. The number of hydrogen-bond acceptors (Lipinski definition) is 4. The standard InChI is InChI=1S/C27H29N3O3/c1-18-11-13-21(14-12-18)27(32)28-20(3)26-29-24-9-4-5-10-25(24)30(26)16-22(31)17-33-23-8-6-7-19(2)15-23/h4-15,20,22,31H,16-17H2,1-3H3,(H,28,32)/t20-,22-/m0/s1. The van der Waals surface area contributed by atoms with Crippen LogP contribution in [-0.2, 0) is 6.54 Å². The van der Waals surface area contributed by atoms with Crippen molar-refractivity contribution in [1.82, 2.24) is 14.9 Å². The number of imidazole rings is 1. The lowest BCUT2D eigenvalue weighted by Crippen LogP contribution is -2.31. The van der Waals surface area contributed by atoms with Crippen LogP contribution in [0, 0.1) is 13.8 Å². The van der Waals surface area contributed by atoms with Gasteiger partial charge in [0, 0.05) is 5.56 Å². The summed E-state index contributed by atoms with van der Waals surface area (Å²) in [5.41, 5.74) is 4.52. The summed E-state index contributed by atoms with van der Waals surface area (Å²) in [7, 11) is 0. The van der Waals surface area contributed by atoms with Gasteiger partial charge in [-0.05, 0) is 62.7 Å². The smallest absolute Gasteiger partial charge is 0.251 e. The van der Waals surface area contributed by atoms with E-state index < -0.39 is 6.10 Å². The molecule has 0 bridgehead atoms. The van der Waals surface area contributed by atoms with Crippen LogP contribution in [0.3, 0.4) is 0 Å². The van der Waals surface area contributed by atoms with Crippen molar-refractivity contribution in [1.29, 1.82) is 0 Å². The third-order valence-corrected chi connectivity index (χ3v) is 5.56. The Bertz CT molecular complexity index is 1250. The molecule has 1 heterocycles. The molecular weight excluding hydrogens is 414 g/mol. The molecule has 170 valence electrons. The number of aliphatic hydroxyl groups excluding tert-OH is 1. The van der Waals surface area contributed by atoms with E-state index in [-0.39, 0.29) is 18.6 Å². The average molecular weight is 444 g/mol. The van der Waals surface area contributed by atoms with Crippen molar-refractivity contribution in [3.63, 3.8) is 0 Å². The minimum absolute atomic E-state index is 0.152. The maximum absolute atomic E-state index is 12.8. The predicted molar refractivity (Wildman–Crippen MR) is 129 cm³/mol. The molecule has 0 radical (unpaired) electrons. The van der Waals surface area contributed by atoms with Crippen molar-refractivity contribution in [3.05, 3.63) is 95.3 Å². The minimum Gasteiger partial charge on any atom is -0.491 e. The van der Waals surface area contributed by atoms with Gasteiger partial charge in [0.05, 0.1) is 23.6 Å². The molecule has 0 aliphatic rings. The molecule has 33 heavy (non-hydrogen) atoms. The Kier molecular flexibility index (Phi) is 6.75. The van der Waals surface area contributed by atoms with Gasteiger partial charge in [0.2, 0.25) is 0 Å². The summed E-state index contributed by atoms with van der Waals surface area (Å²) >= 11 is 0. The molecule has 4 rings (SSSR count). The highest BCUT2D eigenvalue weighted by atomic mass is 16.5. The monoisotopic (exact) mass is 443 g/mol. The van der Waals surface area contributed by atoms with Gasteiger partial charge in [-0.3, -0.25) is 4.79 Å². The number of hydrogen-bond donors (Lipinski definition) is 2. The first kappa shape index (κ1) is 22.6. The Labute approximate surface area is 193 Å². The van der Waals surface area contributed by atoms with Crippen LogP contribution in [0.4, 0.5) is 0 Å². The summed E-state index contributed by atoms with van der Waals surface area (Å²) in [6.45, 7) is 6.34. The topological polar surface area (TPSA) is 76.4 Å². The number of amides is 1. The van der Waals surface area contributed by atoms with E-state index in [0.29, 0.717) is 17.9 Å². The molecule has 6 nitrogen and oxygen atoms in total. The third kappa shape index (κ3) is 5.41. The molecule has 0 unspecified atom stereocenters. The van der Waals surface area contributed by atoms with E-state index in [2.05, 4.69) is 5.32 Å². The van der Waals surface area contributed by atoms with Gasteiger partial charge in [-0.25, -0.2) is 4.98 Å². The van der Waals surface area contributed by atoms with Gasteiger partial charge >= 0.3 is 0 Å². The number of aromatic nitrogens is 2. The summed E-state index contributed by atoms with van der Waals surface area (Å²) in [5, 5.41) is 13.8. The second-order valence-electron chi connectivity index (χ2n) is 8.41. The molecule has 6 heteroatoms. The largest absolute Gasteiger partial charge is 0.491 e. The van der Waals surface area contributed by atoms with Crippen molar-refractivity contribution in [2.75, 3.05) is 6.61 Å². The van der Waals surface area contributed by atoms with Crippen LogP contribution >= 0.6 is 0 Å². The van der Waals surface area contributed by atoms with E-state index in [0.717, 1.165) is 27.9 Å². The minimum atomic E-state index is -0.748. The summed E-state index contributed by atoms with van der Waals surface area (Å²) in [5.74, 6) is 1.25. The number of rotatable bonds is 8. The van der Waals surface area contributed by atoms with Gasteiger partial charge in [0.1, 0.15) is 24.3 Å². The van der Waals surface area contributed by atoms with E-state index in [1.54, 1.807) is 0 Å². The number of fused-ring (bicyclic) bond motifs is 1. The third-order valence-electron chi connectivity index (χ3n) is 5.56. The quantitative estimate of drug-likeness (QED) is 0.418. The van der Waals surface area contributed by atoms with Gasteiger partial charge in [-0.2, -0.15) is 0 Å². The lowest BCUT2D eigenvalue weighted by atomic mass is 10.1. The molecule has 1 amide bonds. The van der Waals surface area contributed by atoms with Gasteiger partial charge < -0.3 is 19.7 Å². The fraction of sp³-hybridized carbons (Fsp3) is 0.259. The van der Waals surface area contributed by atoms with Gasteiger partial charge in [-0.15, -0.1) is 0 Å². The Morgan fingerprint density at radius 1 is 1.03 bits per heavy atom. The van der Waals surface area contributed by atoms with Crippen LogP contribution in [0.25, 0.3) is 11.0 Å². The van der Waals surface area contributed by atoms with Crippen molar-refractivity contribution >= 4 is 16.9 Å². The number of benzene rings is 3. The van der Waals surface area contributed by atoms with E-state index in [4.69, 9.17) is 9.72 Å². The SMILES string of the molecule is Cc1ccc(C(=O)N[C@@H](C)c2nc3ccccc3n2C[C@H](O)COc2cccc(C)c2)cc1. The molecule has 3 aromatic carbocycles. The summed E-state index contributed by atoms with van der Waals surface area (Å²) in [6.07, 6.45) is -0.748.